The molecule has 156 valence electrons. The summed E-state index contributed by atoms with van der Waals surface area (Å²) >= 11 is 12.2. The van der Waals surface area contributed by atoms with E-state index in [0.717, 1.165) is 0 Å². The average molecular weight is 445 g/mol. The van der Waals surface area contributed by atoms with Crippen LogP contribution in [0.15, 0.2) is 18.2 Å². The van der Waals surface area contributed by atoms with Gasteiger partial charge in [-0.05, 0) is 17.7 Å². The van der Waals surface area contributed by atoms with E-state index in [1.165, 1.54) is 45.9 Å². The highest BCUT2D eigenvalue weighted by molar-refractivity contribution is 6.35. The number of carbonyl (C=O) groups is 4. The Kier molecular flexibility index (Phi) is 5.29. The zero-order chi connectivity index (χ0) is 21.7. The SMILES string of the molecule is CC1(C)OC(=O)C(C(c2ccc(Cl)cc2Cl)C2C(=O)OC(C)(C)OC2=O)C(=O)O1. The van der Waals surface area contributed by atoms with Gasteiger partial charge in [0.15, 0.2) is 11.8 Å². The molecule has 0 bridgehead atoms. The number of benzene rings is 1. The third-order valence-electron chi connectivity index (χ3n) is 4.44. The molecular weight excluding hydrogens is 427 g/mol. The number of carbonyl (C=O) groups excluding carboxylic acids is 4. The van der Waals surface area contributed by atoms with Crippen LogP contribution in [0.5, 0.6) is 0 Å². The van der Waals surface area contributed by atoms with Crippen LogP contribution in [0.1, 0.15) is 39.2 Å². The zero-order valence-electron chi connectivity index (χ0n) is 16.0. The number of cyclic esters (lactones) is 4. The van der Waals surface area contributed by atoms with E-state index in [2.05, 4.69) is 0 Å². The van der Waals surface area contributed by atoms with Gasteiger partial charge in [-0.1, -0.05) is 29.3 Å². The number of hydrogen-bond acceptors (Lipinski definition) is 8. The Morgan fingerprint density at radius 1 is 0.759 bits per heavy atom. The Morgan fingerprint density at radius 2 is 1.14 bits per heavy atom. The van der Waals surface area contributed by atoms with Gasteiger partial charge in [0, 0.05) is 43.7 Å². The molecule has 0 radical (unpaired) electrons. The lowest BCUT2D eigenvalue weighted by Gasteiger charge is -2.40. The lowest BCUT2D eigenvalue weighted by atomic mass is 9.75. The van der Waals surface area contributed by atoms with E-state index < -0.39 is 53.2 Å². The molecule has 2 fully saturated rings. The van der Waals surface area contributed by atoms with Gasteiger partial charge in [-0.15, -0.1) is 0 Å². The van der Waals surface area contributed by atoms with Gasteiger partial charge in [0.05, 0.1) is 0 Å². The van der Waals surface area contributed by atoms with Crippen molar-refractivity contribution in [1.82, 2.24) is 0 Å². The van der Waals surface area contributed by atoms with Crippen molar-refractivity contribution in [3.63, 3.8) is 0 Å². The summed E-state index contributed by atoms with van der Waals surface area (Å²) in [6.07, 6.45) is 0. The monoisotopic (exact) mass is 444 g/mol. The summed E-state index contributed by atoms with van der Waals surface area (Å²) in [4.78, 5) is 50.8. The normalized spacial score (nSPS) is 22.0. The second-order valence-electron chi connectivity index (χ2n) is 7.63. The fourth-order valence-corrected chi connectivity index (χ4v) is 3.90. The summed E-state index contributed by atoms with van der Waals surface area (Å²) in [5, 5.41) is 0.320. The molecule has 0 amide bonds. The standard InChI is InChI=1S/C19H18Cl2O8/c1-18(2)26-14(22)12(15(23)27-18)11(9-6-5-8(20)7-10(9)21)13-16(24)28-19(3,4)29-17(13)25/h5-7,11-13H,1-4H3. The highest BCUT2D eigenvalue weighted by Crippen LogP contribution is 2.44. The smallest absolute Gasteiger partial charge is 0.324 e. The van der Waals surface area contributed by atoms with E-state index in [1.54, 1.807) is 0 Å². The van der Waals surface area contributed by atoms with Gasteiger partial charge < -0.3 is 18.9 Å². The lowest BCUT2D eigenvalue weighted by molar-refractivity contribution is -0.247. The number of rotatable bonds is 3. The van der Waals surface area contributed by atoms with E-state index in [4.69, 9.17) is 42.1 Å². The Balaban J connectivity index is 2.13. The van der Waals surface area contributed by atoms with Crippen molar-refractivity contribution in [2.75, 3.05) is 0 Å². The van der Waals surface area contributed by atoms with Gasteiger partial charge in [-0.2, -0.15) is 0 Å². The van der Waals surface area contributed by atoms with Crippen molar-refractivity contribution < 1.29 is 38.1 Å². The Bertz CT molecular complexity index is 819. The zero-order valence-corrected chi connectivity index (χ0v) is 17.5. The molecule has 0 saturated carbocycles. The summed E-state index contributed by atoms with van der Waals surface area (Å²) in [7, 11) is 0. The molecule has 8 nitrogen and oxygen atoms in total. The summed E-state index contributed by atoms with van der Waals surface area (Å²) in [6.45, 7) is 5.54. The van der Waals surface area contributed by atoms with Crippen molar-refractivity contribution in [2.45, 2.75) is 45.2 Å². The first-order chi connectivity index (χ1) is 13.3. The first-order valence-corrected chi connectivity index (χ1v) is 9.43. The number of halogens is 2. The Labute approximate surface area is 176 Å². The first-order valence-electron chi connectivity index (χ1n) is 8.68. The van der Waals surface area contributed by atoms with Crippen LogP contribution in [-0.4, -0.2) is 35.5 Å². The van der Waals surface area contributed by atoms with E-state index in [9.17, 15) is 19.2 Å². The molecule has 1 aromatic rings. The molecule has 1 aromatic carbocycles. The van der Waals surface area contributed by atoms with Gasteiger partial charge in [-0.25, -0.2) is 0 Å². The third-order valence-corrected chi connectivity index (χ3v) is 5.00. The second kappa shape index (κ2) is 7.18. The topological polar surface area (TPSA) is 105 Å². The molecule has 2 saturated heterocycles. The Hall–Kier alpha value is -2.32. The highest BCUT2D eigenvalue weighted by atomic mass is 35.5. The average Bonchev–Trinajstić information content (AvgIpc) is 2.50. The van der Waals surface area contributed by atoms with Crippen LogP contribution in [0.25, 0.3) is 0 Å². The predicted molar refractivity (Wildman–Crippen MR) is 98.7 cm³/mol. The summed E-state index contributed by atoms with van der Waals surface area (Å²) < 4.78 is 20.7. The van der Waals surface area contributed by atoms with Gasteiger partial charge in [0.1, 0.15) is 0 Å². The highest BCUT2D eigenvalue weighted by Gasteiger charge is 2.57. The molecule has 29 heavy (non-hydrogen) atoms. The quantitative estimate of drug-likeness (QED) is 0.517. The van der Waals surface area contributed by atoms with Crippen LogP contribution in [0.3, 0.4) is 0 Å². The fraction of sp³-hybridized carbons (Fsp3) is 0.474. The van der Waals surface area contributed by atoms with Crippen LogP contribution in [0, 0.1) is 11.8 Å². The fourth-order valence-electron chi connectivity index (χ4n) is 3.37. The number of ether oxygens (including phenoxy) is 4. The summed E-state index contributed by atoms with van der Waals surface area (Å²) in [6, 6.07) is 4.22. The minimum atomic E-state index is -1.65. The van der Waals surface area contributed by atoms with Gasteiger partial charge in [0.2, 0.25) is 0 Å². The maximum Gasteiger partial charge on any atom is 0.324 e. The van der Waals surface area contributed by atoms with E-state index >= 15 is 0 Å². The van der Waals surface area contributed by atoms with Crippen molar-refractivity contribution in [2.24, 2.45) is 11.8 Å². The number of hydrogen-bond donors (Lipinski definition) is 0. The maximum absolute atomic E-state index is 12.7. The van der Waals surface area contributed by atoms with Crippen LogP contribution in [0.2, 0.25) is 10.0 Å². The molecule has 2 aliphatic rings. The minimum absolute atomic E-state index is 0.0402. The van der Waals surface area contributed by atoms with Crippen LogP contribution < -0.4 is 0 Å². The van der Waals surface area contributed by atoms with Gasteiger partial charge in [-0.3, -0.25) is 19.2 Å². The summed E-state index contributed by atoms with van der Waals surface area (Å²) in [5.74, 6) is -11.5. The Morgan fingerprint density at radius 3 is 1.48 bits per heavy atom. The molecule has 10 heteroatoms. The molecule has 2 heterocycles. The molecule has 0 aromatic heterocycles. The summed E-state index contributed by atoms with van der Waals surface area (Å²) in [5.41, 5.74) is 0.147. The molecule has 0 unspecified atom stereocenters. The molecule has 3 rings (SSSR count). The predicted octanol–water partition coefficient (Wildman–Crippen LogP) is 2.98. The van der Waals surface area contributed by atoms with E-state index in [1.807, 2.05) is 0 Å². The van der Waals surface area contributed by atoms with Crippen LogP contribution in [-0.2, 0) is 38.1 Å². The largest absolute Gasteiger partial charge is 0.422 e. The van der Waals surface area contributed by atoms with E-state index in [-0.39, 0.29) is 15.6 Å². The maximum atomic E-state index is 12.7. The van der Waals surface area contributed by atoms with Gasteiger partial charge >= 0.3 is 23.9 Å². The molecular formula is C19H18Cl2O8. The third kappa shape index (κ3) is 4.18. The molecule has 0 atom stereocenters. The van der Waals surface area contributed by atoms with Gasteiger partial charge in [0.25, 0.3) is 11.6 Å². The van der Waals surface area contributed by atoms with Crippen molar-refractivity contribution >= 4 is 47.1 Å². The van der Waals surface area contributed by atoms with Crippen molar-refractivity contribution in [3.8, 4) is 0 Å². The molecule has 0 spiro atoms. The minimum Gasteiger partial charge on any atom is -0.422 e. The van der Waals surface area contributed by atoms with Crippen LogP contribution in [0.4, 0.5) is 0 Å². The van der Waals surface area contributed by atoms with E-state index in [0.29, 0.717) is 0 Å². The molecule has 0 aliphatic carbocycles. The first kappa shape index (κ1) is 21.4. The molecule has 2 aliphatic heterocycles. The van der Waals surface area contributed by atoms with Crippen molar-refractivity contribution in [1.29, 1.82) is 0 Å². The second-order valence-corrected chi connectivity index (χ2v) is 8.47. The van der Waals surface area contributed by atoms with Crippen LogP contribution >= 0.6 is 23.2 Å². The van der Waals surface area contributed by atoms with Crippen molar-refractivity contribution in [3.05, 3.63) is 33.8 Å². The lowest BCUT2D eigenvalue weighted by Crippen LogP contribution is -2.54. The number of esters is 4. The molecule has 0 N–H and O–H groups in total.